The lowest BCUT2D eigenvalue weighted by Crippen LogP contribution is -2.10. The quantitative estimate of drug-likeness (QED) is 0.176. The van der Waals surface area contributed by atoms with Crippen LogP contribution >= 0.6 is 31.9 Å². The van der Waals surface area contributed by atoms with Crippen molar-refractivity contribution in [3.63, 3.8) is 0 Å². The van der Waals surface area contributed by atoms with Crippen LogP contribution in [0.3, 0.4) is 0 Å². The smallest absolute Gasteiger partial charge is 0.344 e. The van der Waals surface area contributed by atoms with Crippen LogP contribution in [0.4, 0.5) is 0 Å². The largest absolute Gasteiger partial charge is 0.423 e. The highest BCUT2D eigenvalue weighted by molar-refractivity contribution is 9.10. The predicted octanol–water partition coefficient (Wildman–Crippen LogP) is 7.80. The van der Waals surface area contributed by atoms with Crippen LogP contribution in [0.1, 0.15) is 10.4 Å². The number of halogens is 2. The highest BCUT2D eigenvalue weighted by Gasteiger charge is 2.17. The Bertz CT molecular complexity index is 1450. The Morgan fingerprint density at radius 3 is 2.29 bits per heavy atom. The third kappa shape index (κ3) is 4.11. The van der Waals surface area contributed by atoms with Crippen LogP contribution in [-0.2, 0) is 0 Å². The lowest BCUT2D eigenvalue weighted by molar-refractivity contribution is 0.0737. The summed E-state index contributed by atoms with van der Waals surface area (Å²) >= 11 is 6.95. The minimum Gasteiger partial charge on any atom is -0.423 e. The van der Waals surface area contributed by atoms with Crippen molar-refractivity contribution < 1.29 is 9.53 Å². The topological polar surface area (TPSA) is 39.2 Å². The van der Waals surface area contributed by atoms with Gasteiger partial charge in [0.25, 0.3) is 0 Å². The molecule has 0 aliphatic heterocycles. The standard InChI is InChI=1S/C26H15Br2NO2/c27-19-8-5-17(6-9-19)25-15-23(22-14-20(28)10-12-24(22)29-25)26(30)31-21-11-7-16-3-1-2-4-18(16)13-21/h1-15H. The van der Waals surface area contributed by atoms with Gasteiger partial charge in [0, 0.05) is 19.9 Å². The van der Waals surface area contributed by atoms with E-state index in [1.54, 1.807) is 6.07 Å². The summed E-state index contributed by atoms with van der Waals surface area (Å²) in [6.07, 6.45) is 0. The number of hydrogen-bond donors (Lipinski definition) is 0. The van der Waals surface area contributed by atoms with Crippen molar-refractivity contribution in [1.82, 2.24) is 4.98 Å². The molecule has 0 saturated heterocycles. The second-order valence-electron chi connectivity index (χ2n) is 7.12. The second kappa shape index (κ2) is 8.25. The van der Waals surface area contributed by atoms with E-state index in [2.05, 4.69) is 31.9 Å². The summed E-state index contributed by atoms with van der Waals surface area (Å²) in [5.41, 5.74) is 2.84. The van der Waals surface area contributed by atoms with Crippen LogP contribution in [-0.4, -0.2) is 11.0 Å². The first-order chi connectivity index (χ1) is 15.1. The van der Waals surface area contributed by atoms with Gasteiger partial charge in [0.15, 0.2) is 0 Å². The predicted molar refractivity (Wildman–Crippen MR) is 131 cm³/mol. The number of carbonyl (C=O) groups is 1. The fourth-order valence-corrected chi connectivity index (χ4v) is 4.15. The van der Waals surface area contributed by atoms with E-state index < -0.39 is 5.97 Å². The minimum atomic E-state index is -0.417. The summed E-state index contributed by atoms with van der Waals surface area (Å²) < 4.78 is 7.63. The number of rotatable bonds is 3. The van der Waals surface area contributed by atoms with E-state index >= 15 is 0 Å². The molecule has 31 heavy (non-hydrogen) atoms. The van der Waals surface area contributed by atoms with Crippen LogP contribution in [0.5, 0.6) is 5.75 Å². The number of pyridine rings is 1. The van der Waals surface area contributed by atoms with Crippen LogP contribution in [0, 0.1) is 0 Å². The number of ether oxygens (including phenoxy) is 1. The van der Waals surface area contributed by atoms with Crippen LogP contribution < -0.4 is 4.74 Å². The molecule has 0 saturated carbocycles. The number of nitrogens with zero attached hydrogens (tertiary/aromatic N) is 1. The van der Waals surface area contributed by atoms with Gasteiger partial charge in [-0.3, -0.25) is 0 Å². The number of benzene rings is 4. The molecule has 1 heterocycles. The van der Waals surface area contributed by atoms with Crippen molar-refractivity contribution in [2.45, 2.75) is 0 Å². The van der Waals surface area contributed by atoms with Gasteiger partial charge in [0.2, 0.25) is 0 Å². The molecule has 5 aromatic rings. The number of esters is 1. The molecule has 0 aliphatic rings. The Morgan fingerprint density at radius 1 is 0.742 bits per heavy atom. The molecule has 0 bridgehead atoms. The molecule has 0 fully saturated rings. The van der Waals surface area contributed by atoms with E-state index in [9.17, 15) is 4.79 Å². The van der Waals surface area contributed by atoms with Gasteiger partial charge in [0.1, 0.15) is 5.75 Å². The zero-order valence-corrected chi connectivity index (χ0v) is 19.4. The van der Waals surface area contributed by atoms with Gasteiger partial charge in [-0.05, 0) is 59.3 Å². The fourth-order valence-electron chi connectivity index (χ4n) is 3.53. The summed E-state index contributed by atoms with van der Waals surface area (Å²) in [5, 5.41) is 2.85. The van der Waals surface area contributed by atoms with E-state index in [0.717, 1.165) is 36.2 Å². The lowest BCUT2D eigenvalue weighted by Gasteiger charge is -2.11. The summed E-state index contributed by atoms with van der Waals surface area (Å²) in [5.74, 6) is 0.0907. The molecule has 0 N–H and O–H groups in total. The molecule has 0 aliphatic carbocycles. The molecule has 1 aromatic heterocycles. The van der Waals surface area contributed by atoms with Gasteiger partial charge < -0.3 is 4.74 Å². The average Bonchev–Trinajstić information content (AvgIpc) is 2.79. The van der Waals surface area contributed by atoms with Crippen molar-refractivity contribution in [2.24, 2.45) is 0 Å². The van der Waals surface area contributed by atoms with Crippen LogP contribution in [0.25, 0.3) is 32.9 Å². The van der Waals surface area contributed by atoms with Crippen molar-refractivity contribution in [2.75, 3.05) is 0 Å². The van der Waals surface area contributed by atoms with Gasteiger partial charge in [-0.1, -0.05) is 74.3 Å². The van der Waals surface area contributed by atoms with E-state index in [4.69, 9.17) is 9.72 Å². The van der Waals surface area contributed by atoms with Gasteiger partial charge in [0.05, 0.1) is 16.8 Å². The molecule has 3 nitrogen and oxygen atoms in total. The maximum absolute atomic E-state index is 13.2. The number of fused-ring (bicyclic) bond motifs is 2. The Hall–Kier alpha value is -3.02. The molecule has 0 atom stereocenters. The Labute approximate surface area is 196 Å². The SMILES string of the molecule is O=C(Oc1ccc2ccccc2c1)c1cc(-c2ccc(Br)cc2)nc2ccc(Br)cc12. The Morgan fingerprint density at radius 2 is 1.48 bits per heavy atom. The monoisotopic (exact) mass is 531 g/mol. The van der Waals surface area contributed by atoms with Crippen molar-refractivity contribution >= 4 is 59.5 Å². The van der Waals surface area contributed by atoms with Crippen molar-refractivity contribution in [3.05, 3.63) is 106 Å². The maximum atomic E-state index is 13.2. The average molecular weight is 533 g/mol. The highest BCUT2D eigenvalue weighted by atomic mass is 79.9. The Balaban J connectivity index is 1.59. The molecule has 0 radical (unpaired) electrons. The van der Waals surface area contributed by atoms with E-state index in [0.29, 0.717) is 17.0 Å². The summed E-state index contributed by atoms with van der Waals surface area (Å²) in [7, 11) is 0. The molecule has 0 spiro atoms. The summed E-state index contributed by atoms with van der Waals surface area (Å²) in [4.78, 5) is 18.0. The zero-order chi connectivity index (χ0) is 21.4. The van der Waals surface area contributed by atoms with Gasteiger partial charge in [-0.15, -0.1) is 0 Å². The first-order valence-corrected chi connectivity index (χ1v) is 11.2. The maximum Gasteiger partial charge on any atom is 0.344 e. The Kier molecular flexibility index (Phi) is 5.30. The van der Waals surface area contributed by atoms with Crippen LogP contribution in [0.15, 0.2) is 99.9 Å². The molecule has 0 amide bonds. The second-order valence-corrected chi connectivity index (χ2v) is 8.95. The van der Waals surface area contributed by atoms with Gasteiger partial charge in [-0.25, -0.2) is 9.78 Å². The zero-order valence-electron chi connectivity index (χ0n) is 16.2. The van der Waals surface area contributed by atoms with Gasteiger partial charge in [-0.2, -0.15) is 0 Å². The number of hydrogen-bond acceptors (Lipinski definition) is 3. The number of carbonyl (C=O) groups excluding carboxylic acids is 1. The van der Waals surface area contributed by atoms with Gasteiger partial charge >= 0.3 is 5.97 Å². The van der Waals surface area contributed by atoms with E-state index in [-0.39, 0.29) is 0 Å². The molecule has 5 rings (SSSR count). The molecule has 0 unspecified atom stereocenters. The van der Waals surface area contributed by atoms with Crippen LogP contribution in [0.2, 0.25) is 0 Å². The molecular formula is C26H15Br2NO2. The van der Waals surface area contributed by atoms with E-state index in [1.165, 1.54) is 0 Å². The third-order valence-electron chi connectivity index (χ3n) is 5.06. The van der Waals surface area contributed by atoms with E-state index in [1.807, 2.05) is 84.9 Å². The van der Waals surface area contributed by atoms with Crippen molar-refractivity contribution in [3.8, 4) is 17.0 Å². The summed E-state index contributed by atoms with van der Waals surface area (Å²) in [6, 6.07) is 29.0. The first kappa shape index (κ1) is 19.9. The highest BCUT2D eigenvalue weighted by Crippen LogP contribution is 2.29. The molecule has 150 valence electrons. The number of aromatic nitrogens is 1. The first-order valence-electron chi connectivity index (χ1n) is 9.64. The summed E-state index contributed by atoms with van der Waals surface area (Å²) in [6.45, 7) is 0. The third-order valence-corrected chi connectivity index (χ3v) is 6.08. The van der Waals surface area contributed by atoms with Crippen molar-refractivity contribution in [1.29, 1.82) is 0 Å². The minimum absolute atomic E-state index is 0.417. The fraction of sp³-hybridized carbons (Fsp3) is 0. The normalized spacial score (nSPS) is 11.0. The molecular weight excluding hydrogens is 518 g/mol. The molecule has 5 heteroatoms. The lowest BCUT2D eigenvalue weighted by atomic mass is 10.0. The molecule has 4 aromatic carbocycles.